The van der Waals surface area contributed by atoms with Crippen LogP contribution in [0.1, 0.15) is 5.56 Å². The van der Waals surface area contributed by atoms with Crippen molar-refractivity contribution >= 4 is 33.2 Å². The maximum atomic E-state index is 11.5. The van der Waals surface area contributed by atoms with Crippen LogP contribution >= 0.6 is 23.1 Å². The molecule has 5 heteroatoms. The molecule has 2 heterocycles. The van der Waals surface area contributed by atoms with Crippen LogP contribution in [0.3, 0.4) is 0 Å². The number of pyridine rings is 1. The molecular weight excluding hydrogens is 208 g/mol. The highest BCUT2D eigenvalue weighted by molar-refractivity contribution is 7.13. The number of aryl methyl sites for hydroxylation is 2. The van der Waals surface area contributed by atoms with Gasteiger partial charge in [-0.1, -0.05) is 11.6 Å². The number of fused-ring (bicyclic) bond motifs is 1. The van der Waals surface area contributed by atoms with Crippen LogP contribution in [0.2, 0.25) is 5.15 Å². The molecule has 0 saturated heterocycles. The Labute approximate surface area is 83.7 Å². The number of halogens is 1. The molecule has 2 aromatic rings. The van der Waals surface area contributed by atoms with Crippen molar-refractivity contribution in [3.63, 3.8) is 0 Å². The average molecular weight is 215 g/mol. The molecule has 0 radical (unpaired) electrons. The molecule has 0 amide bonds. The lowest BCUT2D eigenvalue weighted by Gasteiger charge is -1.99. The van der Waals surface area contributed by atoms with Crippen molar-refractivity contribution < 1.29 is 0 Å². The van der Waals surface area contributed by atoms with Crippen LogP contribution in [0.15, 0.2) is 11.0 Å². The Morgan fingerprint density at radius 1 is 1.62 bits per heavy atom. The highest BCUT2D eigenvalue weighted by Crippen LogP contribution is 2.26. The predicted molar refractivity (Wildman–Crippen MR) is 54.6 cm³/mol. The summed E-state index contributed by atoms with van der Waals surface area (Å²) in [6.07, 6.45) is 1.76. The third-order valence-corrected chi connectivity index (χ3v) is 3.16. The number of nitrogens with zero attached hydrogens (tertiary/aromatic N) is 2. The van der Waals surface area contributed by atoms with E-state index in [1.54, 1.807) is 24.7 Å². The number of aromatic nitrogens is 2. The Hall–Kier alpha value is -0.870. The summed E-state index contributed by atoms with van der Waals surface area (Å²) in [5, 5.41) is 1.21. The van der Waals surface area contributed by atoms with E-state index in [1.807, 2.05) is 0 Å². The minimum absolute atomic E-state index is 0.0189. The van der Waals surface area contributed by atoms with E-state index < -0.39 is 0 Å². The first-order valence-electron chi connectivity index (χ1n) is 3.72. The van der Waals surface area contributed by atoms with Crippen LogP contribution in [0.4, 0.5) is 0 Å². The number of rotatable bonds is 0. The molecule has 0 bridgehead atoms. The van der Waals surface area contributed by atoms with E-state index >= 15 is 0 Å². The summed E-state index contributed by atoms with van der Waals surface area (Å²) in [6.45, 7) is 1.77. The lowest BCUT2D eigenvalue weighted by molar-refractivity contribution is 0.861. The quantitative estimate of drug-likeness (QED) is 0.672. The third kappa shape index (κ3) is 1.17. The third-order valence-electron chi connectivity index (χ3n) is 2.00. The van der Waals surface area contributed by atoms with Gasteiger partial charge in [0.1, 0.15) is 0 Å². The van der Waals surface area contributed by atoms with E-state index in [4.69, 9.17) is 11.6 Å². The monoisotopic (exact) mass is 214 g/mol. The number of hydrogen-bond donors (Lipinski definition) is 0. The zero-order valence-corrected chi connectivity index (χ0v) is 8.74. The minimum atomic E-state index is -0.0189. The van der Waals surface area contributed by atoms with Crippen molar-refractivity contribution in [3.8, 4) is 0 Å². The van der Waals surface area contributed by atoms with Crippen LogP contribution in [0.5, 0.6) is 0 Å². The summed E-state index contributed by atoms with van der Waals surface area (Å²) in [5.74, 6) is 0. The molecule has 0 spiro atoms. The van der Waals surface area contributed by atoms with Crippen molar-refractivity contribution in [2.75, 3.05) is 0 Å². The van der Waals surface area contributed by atoms with Gasteiger partial charge in [0, 0.05) is 24.2 Å². The molecule has 3 nitrogen and oxygen atoms in total. The molecule has 0 aliphatic rings. The molecule has 0 aliphatic heterocycles. The molecular formula is C8H7ClN2OS. The summed E-state index contributed by atoms with van der Waals surface area (Å²) in [6, 6.07) is 0. The van der Waals surface area contributed by atoms with Gasteiger partial charge >= 0.3 is 0 Å². The first-order valence-corrected chi connectivity index (χ1v) is 4.87. The van der Waals surface area contributed by atoms with Gasteiger partial charge in [-0.15, -0.1) is 0 Å². The summed E-state index contributed by atoms with van der Waals surface area (Å²) >= 11 is 7.16. The van der Waals surface area contributed by atoms with Gasteiger partial charge in [-0.25, -0.2) is 0 Å². The largest absolute Gasteiger partial charge is 0.317 e. The van der Waals surface area contributed by atoms with Gasteiger partial charge in [0.15, 0.2) is 5.15 Å². The molecule has 2 rings (SSSR count). The van der Waals surface area contributed by atoms with E-state index in [0.29, 0.717) is 10.7 Å². The normalized spacial score (nSPS) is 11.0. The standard InChI is InChI=1S/C8H7ClN2OS/c1-4-6-5(13-10-7(6)9)3-11(2)8(4)12/h3H,1-2H3. The summed E-state index contributed by atoms with van der Waals surface area (Å²) < 4.78 is 6.49. The van der Waals surface area contributed by atoms with Crippen LogP contribution in [0.25, 0.3) is 10.1 Å². The van der Waals surface area contributed by atoms with Crippen molar-refractivity contribution in [1.29, 1.82) is 0 Å². The molecule has 0 N–H and O–H groups in total. The van der Waals surface area contributed by atoms with E-state index in [0.717, 1.165) is 10.1 Å². The first kappa shape index (κ1) is 8.72. The highest BCUT2D eigenvalue weighted by atomic mass is 35.5. The summed E-state index contributed by atoms with van der Waals surface area (Å²) in [7, 11) is 1.72. The Bertz CT molecular complexity index is 529. The second-order valence-corrected chi connectivity index (χ2v) is 4.05. The maximum Gasteiger partial charge on any atom is 0.253 e. The fourth-order valence-electron chi connectivity index (χ4n) is 1.32. The number of hydrogen-bond acceptors (Lipinski definition) is 3. The van der Waals surface area contributed by atoms with Crippen LogP contribution in [-0.4, -0.2) is 8.94 Å². The molecule has 0 fully saturated rings. The smallest absolute Gasteiger partial charge is 0.253 e. The van der Waals surface area contributed by atoms with Crippen molar-refractivity contribution in [1.82, 2.24) is 8.94 Å². The van der Waals surface area contributed by atoms with E-state index in [9.17, 15) is 4.79 Å². The molecule has 0 unspecified atom stereocenters. The van der Waals surface area contributed by atoms with Crippen LogP contribution in [-0.2, 0) is 7.05 Å². The van der Waals surface area contributed by atoms with Gasteiger partial charge < -0.3 is 4.57 Å². The summed E-state index contributed by atoms with van der Waals surface area (Å²) in [5.41, 5.74) is 0.647. The lowest BCUT2D eigenvalue weighted by atomic mass is 10.2. The van der Waals surface area contributed by atoms with E-state index in [1.165, 1.54) is 11.5 Å². The van der Waals surface area contributed by atoms with Gasteiger partial charge in [-0.3, -0.25) is 4.79 Å². The molecule has 0 aliphatic carbocycles. The van der Waals surface area contributed by atoms with E-state index in [2.05, 4.69) is 4.37 Å². The molecule has 0 atom stereocenters. The fraction of sp³-hybridized carbons (Fsp3) is 0.250. The average Bonchev–Trinajstić information content (AvgIpc) is 2.43. The molecule has 0 saturated carbocycles. The molecule has 13 heavy (non-hydrogen) atoms. The van der Waals surface area contributed by atoms with Crippen LogP contribution < -0.4 is 5.56 Å². The fourth-order valence-corrected chi connectivity index (χ4v) is 2.53. The van der Waals surface area contributed by atoms with E-state index in [-0.39, 0.29) is 5.56 Å². The topological polar surface area (TPSA) is 34.9 Å². The van der Waals surface area contributed by atoms with Gasteiger partial charge in [0.05, 0.1) is 4.70 Å². The predicted octanol–water partition coefficient (Wildman–Crippen LogP) is 1.96. The second-order valence-electron chi connectivity index (χ2n) is 2.88. The Kier molecular flexibility index (Phi) is 1.89. The SMILES string of the molecule is Cc1c(=O)n(C)cc2snc(Cl)c12. The molecule has 2 aromatic heterocycles. The second kappa shape index (κ2) is 2.82. The Balaban J connectivity index is 3.06. The Morgan fingerprint density at radius 2 is 2.31 bits per heavy atom. The molecule has 68 valence electrons. The lowest BCUT2D eigenvalue weighted by Crippen LogP contribution is -2.17. The maximum absolute atomic E-state index is 11.5. The van der Waals surface area contributed by atoms with Gasteiger partial charge in [-0.05, 0) is 18.5 Å². The zero-order chi connectivity index (χ0) is 9.59. The van der Waals surface area contributed by atoms with Crippen molar-refractivity contribution in [3.05, 3.63) is 27.3 Å². The van der Waals surface area contributed by atoms with Crippen molar-refractivity contribution in [2.45, 2.75) is 6.92 Å². The van der Waals surface area contributed by atoms with Crippen LogP contribution in [0, 0.1) is 6.92 Å². The highest BCUT2D eigenvalue weighted by Gasteiger charge is 2.10. The Morgan fingerprint density at radius 3 is 3.00 bits per heavy atom. The zero-order valence-electron chi connectivity index (χ0n) is 7.17. The molecule has 0 aromatic carbocycles. The van der Waals surface area contributed by atoms with Gasteiger partial charge in [0.25, 0.3) is 5.56 Å². The van der Waals surface area contributed by atoms with Crippen molar-refractivity contribution in [2.24, 2.45) is 7.05 Å². The first-order chi connectivity index (χ1) is 6.11. The van der Waals surface area contributed by atoms with Gasteiger partial charge in [0.2, 0.25) is 0 Å². The van der Waals surface area contributed by atoms with Gasteiger partial charge in [-0.2, -0.15) is 4.37 Å². The summed E-state index contributed by atoms with van der Waals surface area (Å²) in [4.78, 5) is 11.5. The minimum Gasteiger partial charge on any atom is -0.317 e.